The van der Waals surface area contributed by atoms with Gasteiger partial charge < -0.3 is 9.64 Å². The van der Waals surface area contributed by atoms with E-state index >= 15 is 0 Å². The third-order valence-corrected chi connectivity index (χ3v) is 4.99. The van der Waals surface area contributed by atoms with Crippen molar-refractivity contribution < 1.29 is 4.74 Å². The molecule has 0 atom stereocenters. The third kappa shape index (κ3) is 3.14. The van der Waals surface area contributed by atoms with E-state index in [0.29, 0.717) is 5.41 Å². The molecule has 0 aromatic heterocycles. The minimum Gasteiger partial charge on any atom is -0.381 e. The van der Waals surface area contributed by atoms with E-state index in [4.69, 9.17) is 4.74 Å². The normalized spacial score (nSPS) is 28.1. The molecule has 0 unspecified atom stereocenters. The summed E-state index contributed by atoms with van der Waals surface area (Å²) in [5, 5.41) is 0. The molecule has 2 fully saturated rings. The molecule has 0 aliphatic carbocycles. The second-order valence-corrected chi connectivity index (χ2v) is 6.05. The van der Waals surface area contributed by atoms with Gasteiger partial charge in [-0.2, -0.15) is 12.6 Å². The van der Waals surface area contributed by atoms with Gasteiger partial charge >= 0.3 is 0 Å². The molecule has 2 aliphatic rings. The lowest BCUT2D eigenvalue weighted by atomic mass is 9.81. The molecule has 0 aromatic carbocycles. The molecule has 0 N–H and O–H groups in total. The second-order valence-electron chi connectivity index (χ2n) is 5.73. The summed E-state index contributed by atoms with van der Waals surface area (Å²) in [5.74, 6) is 1.94. The van der Waals surface area contributed by atoms with Crippen molar-refractivity contribution in [3.05, 3.63) is 0 Å². The van der Waals surface area contributed by atoms with Gasteiger partial charge in [0.25, 0.3) is 0 Å². The highest BCUT2D eigenvalue weighted by molar-refractivity contribution is 7.80. The topological polar surface area (TPSA) is 12.5 Å². The molecule has 2 saturated heterocycles. The molecule has 2 nitrogen and oxygen atoms in total. The Balaban J connectivity index is 1.86. The monoisotopic (exact) mass is 243 g/mol. The number of piperidine rings is 1. The average molecular weight is 243 g/mol. The van der Waals surface area contributed by atoms with Crippen molar-refractivity contribution in [1.29, 1.82) is 0 Å². The molecule has 0 radical (unpaired) electrons. The molecular weight excluding hydrogens is 218 g/mol. The van der Waals surface area contributed by atoms with E-state index in [1.807, 2.05) is 0 Å². The van der Waals surface area contributed by atoms with Crippen LogP contribution in [0.25, 0.3) is 0 Å². The summed E-state index contributed by atoms with van der Waals surface area (Å²) >= 11 is 4.58. The highest BCUT2D eigenvalue weighted by Crippen LogP contribution is 2.33. The molecule has 3 heteroatoms. The Bertz CT molecular complexity index is 208. The minimum atomic E-state index is 0.432. The maximum absolute atomic E-state index is 5.48. The van der Waals surface area contributed by atoms with Crippen molar-refractivity contribution in [3.8, 4) is 0 Å². The Kier molecular flexibility index (Phi) is 4.57. The van der Waals surface area contributed by atoms with Crippen LogP contribution >= 0.6 is 12.6 Å². The van der Waals surface area contributed by atoms with Crippen molar-refractivity contribution >= 4 is 12.6 Å². The van der Waals surface area contributed by atoms with Crippen LogP contribution in [0, 0.1) is 11.3 Å². The zero-order chi connectivity index (χ0) is 11.4. The first-order chi connectivity index (χ1) is 7.74. The first-order valence-corrected chi connectivity index (χ1v) is 7.28. The van der Waals surface area contributed by atoms with E-state index in [9.17, 15) is 0 Å². The largest absolute Gasteiger partial charge is 0.381 e. The average Bonchev–Trinajstić information content (AvgIpc) is 2.33. The number of thiol groups is 1. The SMILES string of the molecule is CC1CCN(CC2(CS)CCOCC2)CC1. The number of nitrogens with zero attached hydrogens (tertiary/aromatic N) is 1. The zero-order valence-electron chi connectivity index (χ0n) is 10.5. The van der Waals surface area contributed by atoms with Crippen LogP contribution in [0.2, 0.25) is 0 Å². The summed E-state index contributed by atoms with van der Waals surface area (Å²) < 4.78 is 5.48. The fourth-order valence-corrected chi connectivity index (χ4v) is 3.28. The number of rotatable bonds is 3. The Morgan fingerprint density at radius 3 is 2.44 bits per heavy atom. The van der Waals surface area contributed by atoms with E-state index in [2.05, 4.69) is 24.5 Å². The molecule has 0 amide bonds. The van der Waals surface area contributed by atoms with Crippen LogP contribution in [-0.2, 0) is 4.74 Å². The lowest BCUT2D eigenvalue weighted by Crippen LogP contribution is -2.45. The Morgan fingerprint density at radius 1 is 1.25 bits per heavy atom. The van der Waals surface area contributed by atoms with Crippen LogP contribution in [0.15, 0.2) is 0 Å². The van der Waals surface area contributed by atoms with Gasteiger partial charge in [0.1, 0.15) is 0 Å². The lowest BCUT2D eigenvalue weighted by Gasteiger charge is -2.42. The van der Waals surface area contributed by atoms with Gasteiger partial charge in [-0.3, -0.25) is 0 Å². The van der Waals surface area contributed by atoms with E-state index in [1.54, 1.807) is 0 Å². The Hall–Kier alpha value is 0.270. The number of hydrogen-bond acceptors (Lipinski definition) is 3. The van der Waals surface area contributed by atoms with Gasteiger partial charge in [0.05, 0.1) is 0 Å². The fourth-order valence-electron chi connectivity index (χ4n) is 2.87. The molecule has 2 heterocycles. The zero-order valence-corrected chi connectivity index (χ0v) is 11.3. The van der Waals surface area contributed by atoms with E-state index in [0.717, 1.165) is 24.9 Å². The van der Waals surface area contributed by atoms with Gasteiger partial charge in [-0.1, -0.05) is 6.92 Å². The predicted molar refractivity (Wildman–Crippen MR) is 71.2 cm³/mol. The quantitative estimate of drug-likeness (QED) is 0.764. The first kappa shape index (κ1) is 12.7. The van der Waals surface area contributed by atoms with Crippen LogP contribution < -0.4 is 0 Å². The van der Waals surface area contributed by atoms with E-state index < -0.39 is 0 Å². The van der Waals surface area contributed by atoms with E-state index in [-0.39, 0.29) is 0 Å². The fraction of sp³-hybridized carbons (Fsp3) is 1.00. The van der Waals surface area contributed by atoms with Gasteiger partial charge in [-0.25, -0.2) is 0 Å². The summed E-state index contributed by atoms with van der Waals surface area (Å²) in [6, 6.07) is 0. The van der Waals surface area contributed by atoms with E-state index in [1.165, 1.54) is 45.3 Å². The first-order valence-electron chi connectivity index (χ1n) is 6.65. The Morgan fingerprint density at radius 2 is 1.88 bits per heavy atom. The van der Waals surface area contributed by atoms with Gasteiger partial charge in [0, 0.05) is 19.8 Å². The molecule has 0 saturated carbocycles. The van der Waals surface area contributed by atoms with Crippen LogP contribution in [0.4, 0.5) is 0 Å². The van der Waals surface area contributed by atoms with Crippen LogP contribution in [0.1, 0.15) is 32.6 Å². The summed E-state index contributed by atoms with van der Waals surface area (Å²) in [4.78, 5) is 2.65. The molecule has 94 valence electrons. The predicted octanol–water partition coefficient (Wildman–Crippen LogP) is 2.44. The van der Waals surface area contributed by atoms with Gasteiger partial charge in [-0.05, 0) is 55.9 Å². The highest BCUT2D eigenvalue weighted by Gasteiger charge is 2.33. The van der Waals surface area contributed by atoms with Crippen molar-refractivity contribution in [1.82, 2.24) is 4.90 Å². The second kappa shape index (κ2) is 5.74. The molecule has 0 bridgehead atoms. The van der Waals surface area contributed by atoms with Crippen molar-refractivity contribution in [2.75, 3.05) is 38.6 Å². The summed E-state index contributed by atoms with van der Waals surface area (Å²) in [7, 11) is 0. The summed E-state index contributed by atoms with van der Waals surface area (Å²) in [6.07, 6.45) is 5.14. The smallest absolute Gasteiger partial charge is 0.0472 e. The molecule has 2 rings (SSSR count). The van der Waals surface area contributed by atoms with Crippen molar-refractivity contribution in [3.63, 3.8) is 0 Å². The van der Waals surface area contributed by atoms with Crippen molar-refractivity contribution in [2.24, 2.45) is 11.3 Å². The number of ether oxygens (including phenoxy) is 1. The number of hydrogen-bond donors (Lipinski definition) is 1. The minimum absolute atomic E-state index is 0.432. The molecule has 0 aromatic rings. The van der Waals surface area contributed by atoms with Gasteiger partial charge in [-0.15, -0.1) is 0 Å². The maximum Gasteiger partial charge on any atom is 0.0472 e. The lowest BCUT2D eigenvalue weighted by molar-refractivity contribution is 0.00271. The molecule has 16 heavy (non-hydrogen) atoms. The summed E-state index contributed by atoms with van der Waals surface area (Å²) in [6.45, 7) is 8.07. The molecular formula is C13H25NOS. The maximum atomic E-state index is 5.48. The molecule has 0 spiro atoms. The molecule has 2 aliphatic heterocycles. The number of likely N-dealkylation sites (tertiary alicyclic amines) is 1. The van der Waals surface area contributed by atoms with Gasteiger partial charge in [0.2, 0.25) is 0 Å². The standard InChI is InChI=1S/C13H25NOS/c1-12-2-6-14(7-3-12)10-13(11-16)4-8-15-9-5-13/h12,16H,2-11H2,1H3. The highest BCUT2D eigenvalue weighted by atomic mass is 32.1. The Labute approximate surface area is 105 Å². The summed E-state index contributed by atoms with van der Waals surface area (Å²) in [5.41, 5.74) is 0.432. The van der Waals surface area contributed by atoms with Crippen LogP contribution in [-0.4, -0.2) is 43.5 Å². The van der Waals surface area contributed by atoms with Crippen LogP contribution in [0.5, 0.6) is 0 Å². The van der Waals surface area contributed by atoms with Crippen molar-refractivity contribution in [2.45, 2.75) is 32.6 Å². The van der Waals surface area contributed by atoms with Crippen LogP contribution in [0.3, 0.4) is 0 Å². The third-order valence-electron chi connectivity index (χ3n) is 4.32. The van der Waals surface area contributed by atoms with Gasteiger partial charge in [0.15, 0.2) is 0 Å².